The number of anilines is 3. The maximum atomic E-state index is 13.6. The number of rotatable bonds is 5. The molecule has 0 aliphatic heterocycles. The van der Waals surface area contributed by atoms with Gasteiger partial charge in [0.2, 0.25) is 0 Å². The predicted molar refractivity (Wildman–Crippen MR) is 81.7 cm³/mol. The molecule has 0 bridgehead atoms. The van der Waals surface area contributed by atoms with Crippen LogP contribution in [-0.2, 0) is 0 Å². The third-order valence-corrected chi connectivity index (χ3v) is 3.12. The minimum Gasteiger partial charge on any atom is -0.380 e. The van der Waals surface area contributed by atoms with E-state index in [0.717, 1.165) is 0 Å². The average Bonchev–Trinajstić information content (AvgIpc) is 2.44. The molecule has 0 radical (unpaired) electrons. The zero-order chi connectivity index (χ0) is 15.4. The molecule has 2 aromatic carbocycles. The molecule has 2 rings (SSSR count). The van der Waals surface area contributed by atoms with Gasteiger partial charge in [0.25, 0.3) is 0 Å². The highest BCUT2D eigenvalue weighted by molar-refractivity contribution is 5.80. The molecule has 0 saturated heterocycles. The first-order valence-corrected chi connectivity index (χ1v) is 6.58. The summed E-state index contributed by atoms with van der Waals surface area (Å²) in [7, 11) is 0. The van der Waals surface area contributed by atoms with Gasteiger partial charge in [-0.15, -0.1) is 0 Å². The van der Waals surface area contributed by atoms with Crippen LogP contribution in [0.3, 0.4) is 0 Å². The molecule has 0 amide bonds. The van der Waals surface area contributed by atoms with Crippen molar-refractivity contribution >= 4 is 22.7 Å². The van der Waals surface area contributed by atoms with Crippen LogP contribution in [-0.4, -0.2) is 11.5 Å². The van der Waals surface area contributed by atoms with Crippen molar-refractivity contribution in [3.63, 3.8) is 0 Å². The molecule has 6 heteroatoms. The Kier molecular flexibility index (Phi) is 4.37. The number of benzene rings is 2. The van der Waals surface area contributed by atoms with E-state index < -0.39 is 4.92 Å². The van der Waals surface area contributed by atoms with E-state index >= 15 is 0 Å². The van der Waals surface area contributed by atoms with Crippen molar-refractivity contribution in [2.45, 2.75) is 13.8 Å². The highest BCUT2D eigenvalue weighted by atomic mass is 19.1. The first-order valence-electron chi connectivity index (χ1n) is 6.58. The Morgan fingerprint density at radius 3 is 2.43 bits per heavy atom. The van der Waals surface area contributed by atoms with Gasteiger partial charge in [-0.05, 0) is 38.1 Å². The van der Waals surface area contributed by atoms with Crippen LogP contribution in [0.4, 0.5) is 27.1 Å². The van der Waals surface area contributed by atoms with Gasteiger partial charge in [0, 0.05) is 17.8 Å². The van der Waals surface area contributed by atoms with E-state index in [1.165, 1.54) is 6.07 Å². The molecule has 2 N–H and O–H groups in total. The Morgan fingerprint density at radius 2 is 1.76 bits per heavy atom. The van der Waals surface area contributed by atoms with Gasteiger partial charge in [-0.3, -0.25) is 10.1 Å². The molecule has 0 aromatic heterocycles. The van der Waals surface area contributed by atoms with Crippen molar-refractivity contribution in [2.24, 2.45) is 0 Å². The molecule has 0 aliphatic carbocycles. The van der Waals surface area contributed by atoms with Crippen LogP contribution in [0.1, 0.15) is 12.5 Å². The van der Waals surface area contributed by atoms with Gasteiger partial charge < -0.3 is 10.6 Å². The summed E-state index contributed by atoms with van der Waals surface area (Å²) in [5, 5.41) is 17.2. The molecule has 0 atom stereocenters. The molecule has 110 valence electrons. The van der Waals surface area contributed by atoms with E-state index in [0.29, 0.717) is 29.2 Å². The smallest absolute Gasteiger partial charge is 0.315 e. The normalized spacial score (nSPS) is 10.2. The second kappa shape index (κ2) is 6.21. The number of nitrogens with zero attached hydrogens (tertiary/aromatic N) is 1. The summed E-state index contributed by atoms with van der Waals surface area (Å²) >= 11 is 0. The minimum absolute atomic E-state index is 0.0528. The Labute approximate surface area is 122 Å². The van der Waals surface area contributed by atoms with Gasteiger partial charge in [-0.1, -0.05) is 12.1 Å². The third kappa shape index (κ3) is 3.10. The summed E-state index contributed by atoms with van der Waals surface area (Å²) in [6, 6.07) is 9.55. The summed E-state index contributed by atoms with van der Waals surface area (Å²) < 4.78 is 13.6. The van der Waals surface area contributed by atoms with Crippen LogP contribution < -0.4 is 10.6 Å². The van der Waals surface area contributed by atoms with Crippen molar-refractivity contribution in [1.29, 1.82) is 0 Å². The van der Waals surface area contributed by atoms with E-state index in [-0.39, 0.29) is 11.5 Å². The van der Waals surface area contributed by atoms with Crippen LogP contribution in [0.2, 0.25) is 0 Å². The van der Waals surface area contributed by atoms with Crippen molar-refractivity contribution in [3.8, 4) is 0 Å². The maximum Gasteiger partial charge on any atom is 0.315 e. The van der Waals surface area contributed by atoms with Crippen LogP contribution in [0.15, 0.2) is 36.4 Å². The number of nitro groups is 1. The van der Waals surface area contributed by atoms with Gasteiger partial charge in [-0.25, -0.2) is 4.39 Å². The Morgan fingerprint density at radius 1 is 1.14 bits per heavy atom. The summed E-state index contributed by atoms with van der Waals surface area (Å²) in [5.41, 5.74) is 1.63. The number of halogens is 1. The summed E-state index contributed by atoms with van der Waals surface area (Å²) in [5.74, 6) is -0.356. The Balaban J connectivity index is 2.46. The summed E-state index contributed by atoms with van der Waals surface area (Å²) in [6.07, 6.45) is 0. The monoisotopic (exact) mass is 289 g/mol. The number of hydrogen-bond donors (Lipinski definition) is 2. The second-order valence-electron chi connectivity index (χ2n) is 4.53. The molecule has 5 nitrogen and oxygen atoms in total. The lowest BCUT2D eigenvalue weighted by atomic mass is 10.1. The van der Waals surface area contributed by atoms with Crippen molar-refractivity contribution in [2.75, 3.05) is 17.2 Å². The lowest BCUT2D eigenvalue weighted by molar-refractivity contribution is -0.383. The number of nitro benzene ring substituents is 1. The topological polar surface area (TPSA) is 67.2 Å². The van der Waals surface area contributed by atoms with Gasteiger partial charge >= 0.3 is 5.69 Å². The van der Waals surface area contributed by atoms with E-state index in [9.17, 15) is 14.5 Å². The number of para-hydroxylation sites is 1. The maximum absolute atomic E-state index is 13.6. The molecule has 2 aromatic rings. The molecular weight excluding hydrogens is 273 g/mol. The van der Waals surface area contributed by atoms with Crippen molar-refractivity contribution in [3.05, 3.63) is 57.9 Å². The van der Waals surface area contributed by atoms with Crippen LogP contribution >= 0.6 is 0 Å². The summed E-state index contributed by atoms with van der Waals surface area (Å²) in [6.45, 7) is 4.06. The predicted octanol–water partition coefficient (Wildman–Crippen LogP) is 4.22. The molecule has 0 aliphatic rings. The first-order chi connectivity index (χ1) is 10.0. The van der Waals surface area contributed by atoms with Crippen LogP contribution in [0.25, 0.3) is 0 Å². The largest absolute Gasteiger partial charge is 0.380 e. The molecule has 0 saturated carbocycles. The van der Waals surface area contributed by atoms with E-state index in [4.69, 9.17) is 0 Å². The van der Waals surface area contributed by atoms with Gasteiger partial charge in [-0.2, -0.15) is 0 Å². The lowest BCUT2D eigenvalue weighted by Gasteiger charge is -2.12. The average molecular weight is 289 g/mol. The zero-order valence-corrected chi connectivity index (χ0v) is 11.8. The number of hydrogen-bond acceptors (Lipinski definition) is 4. The summed E-state index contributed by atoms with van der Waals surface area (Å²) in [4.78, 5) is 10.9. The fraction of sp³-hybridized carbons (Fsp3) is 0.200. The van der Waals surface area contributed by atoms with E-state index in [1.807, 2.05) is 6.92 Å². The molecule has 21 heavy (non-hydrogen) atoms. The lowest BCUT2D eigenvalue weighted by Crippen LogP contribution is -2.04. The minimum atomic E-state index is -0.449. The third-order valence-electron chi connectivity index (χ3n) is 3.12. The van der Waals surface area contributed by atoms with Crippen LogP contribution in [0, 0.1) is 22.9 Å². The van der Waals surface area contributed by atoms with Crippen molar-refractivity contribution in [1.82, 2.24) is 0 Å². The van der Waals surface area contributed by atoms with Gasteiger partial charge in [0.05, 0.1) is 4.92 Å². The molecule has 0 spiro atoms. The molecule has 0 fully saturated rings. The quantitative estimate of drug-likeness (QED) is 0.639. The van der Waals surface area contributed by atoms with E-state index in [2.05, 4.69) is 10.6 Å². The zero-order valence-electron chi connectivity index (χ0n) is 11.8. The molecule has 0 unspecified atom stereocenters. The highest BCUT2D eigenvalue weighted by Crippen LogP contribution is 2.35. The highest BCUT2D eigenvalue weighted by Gasteiger charge is 2.20. The van der Waals surface area contributed by atoms with Crippen molar-refractivity contribution < 1.29 is 9.31 Å². The van der Waals surface area contributed by atoms with Crippen LogP contribution in [0.5, 0.6) is 0 Å². The molecular formula is C15H16FN3O2. The number of nitrogens with one attached hydrogen (secondary N) is 2. The Hall–Kier alpha value is -2.63. The fourth-order valence-electron chi connectivity index (χ4n) is 2.06. The first kappa shape index (κ1) is 14.8. The SMILES string of the molecule is CCNc1cccc(Nc2cccc(F)c2C)c1[N+](=O)[O-]. The van der Waals surface area contributed by atoms with Gasteiger partial charge in [0.1, 0.15) is 17.2 Å². The molecule has 0 heterocycles. The Bertz CT molecular complexity index is 674. The van der Waals surface area contributed by atoms with E-state index in [1.54, 1.807) is 37.3 Å². The standard InChI is InChI=1S/C15H16FN3O2/c1-3-17-13-8-5-9-14(15(13)19(20)21)18-12-7-4-6-11(16)10(12)2/h4-9,17-18H,3H2,1-2H3. The van der Waals surface area contributed by atoms with Gasteiger partial charge in [0.15, 0.2) is 0 Å². The fourth-order valence-corrected chi connectivity index (χ4v) is 2.06. The second-order valence-corrected chi connectivity index (χ2v) is 4.53.